The maximum Gasteiger partial charge on any atom is 0.191 e. The minimum Gasteiger partial charge on any atom is -0.399 e. The lowest BCUT2D eigenvalue weighted by Crippen LogP contribution is -2.49. The van der Waals surface area contributed by atoms with Crippen LogP contribution in [-0.2, 0) is 0 Å². The lowest BCUT2D eigenvalue weighted by Gasteiger charge is -2.46. The number of nitrogens with two attached hydrogens (primary N) is 1. The van der Waals surface area contributed by atoms with Gasteiger partial charge in [0, 0.05) is 35.4 Å². The fourth-order valence-corrected chi connectivity index (χ4v) is 4.60. The molecule has 1 aromatic carbocycles. The van der Waals surface area contributed by atoms with E-state index in [1.54, 1.807) is 12.1 Å². The van der Waals surface area contributed by atoms with Crippen molar-refractivity contribution in [3.63, 3.8) is 0 Å². The molecule has 1 aromatic rings. The van der Waals surface area contributed by atoms with Crippen molar-refractivity contribution in [1.82, 2.24) is 4.90 Å². The van der Waals surface area contributed by atoms with Crippen LogP contribution in [0.4, 0.5) is 4.39 Å². The van der Waals surface area contributed by atoms with Gasteiger partial charge in [-0.05, 0) is 43.2 Å². The number of nitrogens with zero attached hydrogens (tertiary/aromatic N) is 4. The first-order valence-corrected chi connectivity index (χ1v) is 9.72. The second-order valence-corrected chi connectivity index (χ2v) is 8.30. The summed E-state index contributed by atoms with van der Waals surface area (Å²) in [5.41, 5.74) is 5.43. The monoisotopic (exact) mass is 439 g/mol. The van der Waals surface area contributed by atoms with E-state index in [-0.39, 0.29) is 22.9 Å². The molecule has 0 spiro atoms. The first-order valence-electron chi connectivity index (χ1n) is 8.93. The van der Waals surface area contributed by atoms with Gasteiger partial charge in [0.1, 0.15) is 11.9 Å². The number of allylic oxidation sites excluding steroid dienone is 2. The molecule has 0 radical (unpaired) electrons. The number of fused-ring (bicyclic) bond motifs is 1. The first-order chi connectivity index (χ1) is 13.3. The molecule has 0 bridgehead atoms. The zero-order valence-corrected chi connectivity index (χ0v) is 17.2. The van der Waals surface area contributed by atoms with Gasteiger partial charge in [0.05, 0.1) is 23.4 Å². The summed E-state index contributed by atoms with van der Waals surface area (Å²) in [7, 11) is 0. The predicted molar refractivity (Wildman–Crippen MR) is 106 cm³/mol. The zero-order valence-electron chi connectivity index (χ0n) is 15.6. The van der Waals surface area contributed by atoms with E-state index < -0.39 is 23.1 Å². The highest BCUT2D eigenvalue weighted by Gasteiger charge is 2.55. The molecule has 1 heterocycles. The Hall–Kier alpha value is -2.66. The maximum absolute atomic E-state index is 14.9. The molecule has 0 amide bonds. The van der Waals surface area contributed by atoms with E-state index in [9.17, 15) is 20.2 Å². The molecule has 2 aliphatic rings. The Bertz CT molecular complexity index is 991. The van der Waals surface area contributed by atoms with Gasteiger partial charge in [-0.15, -0.1) is 0 Å². The molecule has 2 atom stereocenters. The summed E-state index contributed by atoms with van der Waals surface area (Å²) in [6.45, 7) is 5.23. The van der Waals surface area contributed by atoms with Gasteiger partial charge in [-0.1, -0.05) is 22.0 Å². The molecule has 142 valence electrons. The average molecular weight is 440 g/mol. The second kappa shape index (κ2) is 7.40. The first kappa shape index (κ1) is 20.1. The highest BCUT2D eigenvalue weighted by molar-refractivity contribution is 9.10. The Morgan fingerprint density at radius 2 is 1.96 bits per heavy atom. The van der Waals surface area contributed by atoms with Gasteiger partial charge in [-0.2, -0.15) is 15.8 Å². The van der Waals surface area contributed by atoms with E-state index in [1.165, 1.54) is 6.07 Å². The SMILES string of the molecule is CC(C)N1CC=C2C(C#N)=C(N)C(C#N)(C#N)[C@@H](c3cc(Br)ccc3F)[C@@H]2C1. The molecule has 7 heteroatoms. The van der Waals surface area contributed by atoms with Gasteiger partial charge in [0.25, 0.3) is 0 Å². The summed E-state index contributed by atoms with van der Waals surface area (Å²) in [6, 6.07) is 10.8. The van der Waals surface area contributed by atoms with Crippen LogP contribution in [0.25, 0.3) is 0 Å². The molecule has 1 aliphatic carbocycles. The van der Waals surface area contributed by atoms with Crippen LogP contribution in [-0.4, -0.2) is 24.0 Å². The molecule has 0 unspecified atom stereocenters. The summed E-state index contributed by atoms with van der Waals surface area (Å²) in [5, 5.41) is 29.7. The van der Waals surface area contributed by atoms with Gasteiger partial charge < -0.3 is 5.73 Å². The van der Waals surface area contributed by atoms with Crippen molar-refractivity contribution in [2.45, 2.75) is 25.8 Å². The van der Waals surface area contributed by atoms with Crippen molar-refractivity contribution in [3.8, 4) is 18.2 Å². The lowest BCUT2D eigenvalue weighted by atomic mass is 9.58. The van der Waals surface area contributed by atoms with Crippen LogP contribution < -0.4 is 5.73 Å². The fourth-order valence-electron chi connectivity index (χ4n) is 4.22. The maximum atomic E-state index is 14.9. The summed E-state index contributed by atoms with van der Waals surface area (Å²) >= 11 is 3.35. The number of halogens is 2. The van der Waals surface area contributed by atoms with Crippen LogP contribution in [0.2, 0.25) is 0 Å². The van der Waals surface area contributed by atoms with E-state index in [2.05, 4.69) is 26.9 Å². The molecule has 2 N–H and O–H groups in total. The smallest absolute Gasteiger partial charge is 0.191 e. The van der Waals surface area contributed by atoms with Crippen LogP contribution in [0.5, 0.6) is 0 Å². The number of benzene rings is 1. The number of hydrogen-bond acceptors (Lipinski definition) is 5. The highest BCUT2D eigenvalue weighted by atomic mass is 79.9. The summed E-state index contributed by atoms with van der Waals surface area (Å²) < 4.78 is 15.5. The fraction of sp³-hybridized carbons (Fsp3) is 0.381. The third kappa shape index (κ3) is 2.90. The molecule has 0 saturated carbocycles. The van der Waals surface area contributed by atoms with Crippen molar-refractivity contribution in [1.29, 1.82) is 15.8 Å². The van der Waals surface area contributed by atoms with Gasteiger partial charge >= 0.3 is 0 Å². The molecule has 0 fully saturated rings. The minimum absolute atomic E-state index is 0.0927. The largest absolute Gasteiger partial charge is 0.399 e. The Labute approximate surface area is 172 Å². The highest BCUT2D eigenvalue weighted by Crippen LogP contribution is 2.54. The van der Waals surface area contributed by atoms with Gasteiger partial charge in [-0.3, -0.25) is 4.90 Å². The molecule has 5 nitrogen and oxygen atoms in total. The average Bonchev–Trinajstić information content (AvgIpc) is 2.69. The number of rotatable bonds is 2. The Morgan fingerprint density at radius 3 is 2.54 bits per heavy atom. The minimum atomic E-state index is -1.82. The van der Waals surface area contributed by atoms with Crippen LogP contribution in [0.1, 0.15) is 25.3 Å². The van der Waals surface area contributed by atoms with Crippen LogP contribution in [0.15, 0.2) is 45.6 Å². The number of nitriles is 3. The molecule has 3 rings (SSSR count). The summed E-state index contributed by atoms with van der Waals surface area (Å²) in [5.74, 6) is -1.73. The Morgan fingerprint density at radius 1 is 1.29 bits per heavy atom. The molecule has 0 saturated heterocycles. The normalized spacial score (nSPS) is 24.0. The topological polar surface area (TPSA) is 101 Å². The van der Waals surface area contributed by atoms with Gasteiger partial charge in [0.2, 0.25) is 0 Å². The van der Waals surface area contributed by atoms with E-state index in [1.807, 2.05) is 32.1 Å². The second-order valence-electron chi connectivity index (χ2n) is 7.39. The Balaban J connectivity index is 2.35. The van der Waals surface area contributed by atoms with Gasteiger partial charge in [-0.25, -0.2) is 4.39 Å². The van der Waals surface area contributed by atoms with Crippen molar-refractivity contribution in [3.05, 3.63) is 57.0 Å². The number of hydrogen-bond donors (Lipinski definition) is 1. The van der Waals surface area contributed by atoms with Crippen molar-refractivity contribution >= 4 is 15.9 Å². The third-order valence-corrected chi connectivity index (χ3v) is 6.21. The van der Waals surface area contributed by atoms with Crippen LogP contribution >= 0.6 is 15.9 Å². The summed E-state index contributed by atoms with van der Waals surface area (Å²) in [4.78, 5) is 2.17. The van der Waals surface area contributed by atoms with Crippen molar-refractivity contribution in [2.75, 3.05) is 13.1 Å². The van der Waals surface area contributed by atoms with Crippen LogP contribution in [0.3, 0.4) is 0 Å². The molecular weight excluding hydrogens is 421 g/mol. The van der Waals surface area contributed by atoms with E-state index in [0.717, 1.165) is 0 Å². The van der Waals surface area contributed by atoms with E-state index in [0.29, 0.717) is 23.1 Å². The zero-order chi connectivity index (χ0) is 20.6. The molecule has 0 aromatic heterocycles. The van der Waals surface area contributed by atoms with Gasteiger partial charge in [0.15, 0.2) is 5.41 Å². The van der Waals surface area contributed by atoms with Crippen molar-refractivity contribution in [2.24, 2.45) is 17.1 Å². The van der Waals surface area contributed by atoms with Crippen molar-refractivity contribution < 1.29 is 4.39 Å². The lowest BCUT2D eigenvalue weighted by molar-refractivity contribution is 0.172. The quantitative estimate of drug-likeness (QED) is 0.756. The Kier molecular flexibility index (Phi) is 5.31. The van der Waals surface area contributed by atoms with Crippen LogP contribution in [0, 0.1) is 51.1 Å². The van der Waals surface area contributed by atoms with E-state index >= 15 is 0 Å². The third-order valence-electron chi connectivity index (χ3n) is 5.72. The molecular formula is C21H19BrFN5. The summed E-state index contributed by atoms with van der Waals surface area (Å²) in [6.07, 6.45) is 1.92. The standard InChI is InChI=1S/C21H19BrFN5/c1-12(2)28-6-5-14-16(8-24)20(27)21(10-25,11-26)19(17(14)9-28)15-7-13(22)3-4-18(15)23/h3-5,7,12,17,19H,6,9,27H2,1-2H3/t17-,19+/m1/s1. The molecule has 28 heavy (non-hydrogen) atoms. The predicted octanol–water partition coefficient (Wildman–Crippen LogP) is 3.72. The molecule has 1 aliphatic heterocycles. The van der Waals surface area contributed by atoms with E-state index in [4.69, 9.17) is 5.73 Å².